The summed E-state index contributed by atoms with van der Waals surface area (Å²) in [5.74, 6) is 0.825. The molecule has 0 atom stereocenters. The Labute approximate surface area is 155 Å². The SMILES string of the molecule is Cc1nc(CN2C(=O)COc3ccc(S(=O)(=O)N4CCOCC4)cc32)no1. The summed E-state index contributed by atoms with van der Waals surface area (Å²) in [6, 6.07) is 4.49. The largest absolute Gasteiger partial charge is 0.482 e. The molecular weight excluding hydrogens is 376 g/mol. The normalized spacial score (nSPS) is 18.3. The minimum Gasteiger partial charge on any atom is -0.482 e. The molecule has 2 aliphatic heterocycles. The lowest BCUT2D eigenvalue weighted by Gasteiger charge is -2.30. The molecule has 27 heavy (non-hydrogen) atoms. The summed E-state index contributed by atoms with van der Waals surface area (Å²) in [7, 11) is -3.70. The molecule has 0 N–H and O–H groups in total. The van der Waals surface area contributed by atoms with Crippen molar-refractivity contribution < 1.29 is 27.2 Å². The minimum atomic E-state index is -3.70. The third-order valence-corrected chi connectivity index (χ3v) is 6.25. The van der Waals surface area contributed by atoms with Gasteiger partial charge < -0.3 is 14.0 Å². The number of fused-ring (bicyclic) bond motifs is 1. The monoisotopic (exact) mass is 394 g/mol. The predicted octanol–water partition coefficient (Wildman–Crippen LogP) is 0.325. The van der Waals surface area contributed by atoms with Crippen LogP contribution >= 0.6 is 0 Å². The number of hydrogen-bond donors (Lipinski definition) is 0. The first-order valence-electron chi connectivity index (χ1n) is 8.39. The fourth-order valence-electron chi connectivity index (χ4n) is 3.00. The number of aromatic nitrogens is 2. The number of sulfonamides is 1. The molecule has 0 spiro atoms. The van der Waals surface area contributed by atoms with Crippen LogP contribution in [0.3, 0.4) is 0 Å². The molecule has 1 saturated heterocycles. The molecule has 0 saturated carbocycles. The third-order valence-electron chi connectivity index (χ3n) is 4.35. The summed E-state index contributed by atoms with van der Waals surface area (Å²) >= 11 is 0. The minimum absolute atomic E-state index is 0.0631. The highest BCUT2D eigenvalue weighted by Gasteiger charge is 2.31. The van der Waals surface area contributed by atoms with Crippen molar-refractivity contribution in [3.8, 4) is 5.75 Å². The Bertz CT molecular complexity index is 967. The number of aryl methyl sites for hydroxylation is 1. The first-order valence-corrected chi connectivity index (χ1v) is 9.83. The van der Waals surface area contributed by atoms with Crippen LogP contribution in [0.25, 0.3) is 0 Å². The lowest BCUT2D eigenvalue weighted by Crippen LogP contribution is -2.41. The highest BCUT2D eigenvalue weighted by molar-refractivity contribution is 7.89. The van der Waals surface area contributed by atoms with E-state index in [2.05, 4.69) is 10.1 Å². The zero-order valence-electron chi connectivity index (χ0n) is 14.6. The molecule has 3 heterocycles. The van der Waals surface area contributed by atoms with Gasteiger partial charge in [-0.2, -0.15) is 9.29 Å². The molecule has 0 bridgehead atoms. The number of nitrogens with zero attached hydrogens (tertiary/aromatic N) is 4. The molecule has 144 valence electrons. The van der Waals surface area contributed by atoms with Crippen molar-refractivity contribution >= 4 is 21.6 Å². The van der Waals surface area contributed by atoms with E-state index in [1.54, 1.807) is 13.0 Å². The Hall–Kier alpha value is -2.50. The van der Waals surface area contributed by atoms with E-state index in [-0.39, 0.29) is 24.0 Å². The maximum atomic E-state index is 12.9. The number of anilines is 1. The summed E-state index contributed by atoms with van der Waals surface area (Å²) in [6.07, 6.45) is 0. The van der Waals surface area contributed by atoms with Gasteiger partial charge >= 0.3 is 0 Å². The number of carbonyl (C=O) groups excluding carboxylic acids is 1. The molecular formula is C16H18N4O6S. The Kier molecular flexibility index (Phi) is 4.58. The van der Waals surface area contributed by atoms with Gasteiger partial charge in [-0.3, -0.25) is 9.69 Å². The maximum Gasteiger partial charge on any atom is 0.265 e. The first-order chi connectivity index (χ1) is 12.9. The Balaban J connectivity index is 1.69. The van der Waals surface area contributed by atoms with Crippen molar-refractivity contribution in [1.82, 2.24) is 14.4 Å². The predicted molar refractivity (Wildman–Crippen MR) is 91.7 cm³/mol. The van der Waals surface area contributed by atoms with Gasteiger partial charge in [-0.15, -0.1) is 0 Å². The Morgan fingerprint density at radius 3 is 2.70 bits per heavy atom. The molecule has 2 aromatic rings. The van der Waals surface area contributed by atoms with Crippen LogP contribution < -0.4 is 9.64 Å². The molecule has 0 aliphatic carbocycles. The molecule has 0 radical (unpaired) electrons. The van der Waals surface area contributed by atoms with E-state index in [4.69, 9.17) is 14.0 Å². The fraction of sp³-hybridized carbons (Fsp3) is 0.438. The van der Waals surface area contributed by atoms with E-state index in [9.17, 15) is 13.2 Å². The summed E-state index contributed by atoms with van der Waals surface area (Å²) < 4.78 is 42.8. The van der Waals surface area contributed by atoms with Gasteiger partial charge in [0, 0.05) is 20.0 Å². The molecule has 10 nitrogen and oxygen atoms in total. The van der Waals surface area contributed by atoms with Gasteiger partial charge in [0.2, 0.25) is 15.9 Å². The van der Waals surface area contributed by atoms with Crippen LogP contribution in [-0.4, -0.2) is 61.7 Å². The topological polar surface area (TPSA) is 115 Å². The number of benzene rings is 1. The smallest absolute Gasteiger partial charge is 0.265 e. The highest BCUT2D eigenvalue weighted by Crippen LogP contribution is 2.35. The fourth-order valence-corrected chi connectivity index (χ4v) is 4.43. The van der Waals surface area contributed by atoms with Crippen LogP contribution in [0.5, 0.6) is 5.75 Å². The quantitative estimate of drug-likeness (QED) is 0.728. The molecule has 1 fully saturated rings. The highest BCUT2D eigenvalue weighted by atomic mass is 32.2. The molecule has 4 rings (SSSR count). The van der Waals surface area contributed by atoms with Crippen LogP contribution in [0.15, 0.2) is 27.6 Å². The van der Waals surface area contributed by atoms with E-state index in [0.29, 0.717) is 49.5 Å². The second-order valence-corrected chi connectivity index (χ2v) is 8.08. The van der Waals surface area contributed by atoms with E-state index in [0.717, 1.165) is 0 Å². The van der Waals surface area contributed by atoms with Crippen molar-refractivity contribution in [3.63, 3.8) is 0 Å². The second-order valence-electron chi connectivity index (χ2n) is 6.14. The number of amides is 1. The number of rotatable bonds is 4. The molecule has 0 unspecified atom stereocenters. The number of ether oxygens (including phenoxy) is 2. The maximum absolute atomic E-state index is 12.9. The van der Waals surface area contributed by atoms with Gasteiger partial charge in [-0.05, 0) is 18.2 Å². The zero-order valence-corrected chi connectivity index (χ0v) is 15.4. The number of carbonyl (C=O) groups is 1. The van der Waals surface area contributed by atoms with Crippen molar-refractivity contribution in [1.29, 1.82) is 0 Å². The van der Waals surface area contributed by atoms with Gasteiger partial charge in [-0.1, -0.05) is 5.16 Å². The first kappa shape index (κ1) is 17.9. The van der Waals surface area contributed by atoms with Gasteiger partial charge in [0.1, 0.15) is 5.75 Å². The van der Waals surface area contributed by atoms with E-state index >= 15 is 0 Å². The van der Waals surface area contributed by atoms with Gasteiger partial charge in [0.05, 0.1) is 30.3 Å². The van der Waals surface area contributed by atoms with E-state index < -0.39 is 10.0 Å². The van der Waals surface area contributed by atoms with Crippen LogP contribution in [0.4, 0.5) is 5.69 Å². The second kappa shape index (κ2) is 6.91. The lowest BCUT2D eigenvalue weighted by molar-refractivity contribution is -0.121. The van der Waals surface area contributed by atoms with E-state index in [1.165, 1.54) is 21.3 Å². The van der Waals surface area contributed by atoms with Gasteiger partial charge in [0.15, 0.2) is 12.4 Å². The molecule has 1 aromatic carbocycles. The van der Waals surface area contributed by atoms with Crippen molar-refractivity contribution in [2.75, 3.05) is 37.8 Å². The number of hydrogen-bond acceptors (Lipinski definition) is 8. The summed E-state index contributed by atoms with van der Waals surface area (Å²) in [5, 5.41) is 3.80. The molecule has 2 aliphatic rings. The Morgan fingerprint density at radius 2 is 2.00 bits per heavy atom. The van der Waals surface area contributed by atoms with Crippen LogP contribution in [0.1, 0.15) is 11.7 Å². The van der Waals surface area contributed by atoms with Crippen LogP contribution in [0.2, 0.25) is 0 Å². The Morgan fingerprint density at radius 1 is 1.22 bits per heavy atom. The van der Waals surface area contributed by atoms with Crippen LogP contribution in [-0.2, 0) is 26.1 Å². The van der Waals surface area contributed by atoms with Crippen molar-refractivity contribution in [2.45, 2.75) is 18.4 Å². The van der Waals surface area contributed by atoms with Crippen molar-refractivity contribution in [3.05, 3.63) is 29.9 Å². The molecule has 1 amide bonds. The average molecular weight is 394 g/mol. The third kappa shape index (κ3) is 3.40. The zero-order chi connectivity index (χ0) is 19.0. The average Bonchev–Trinajstić information content (AvgIpc) is 3.09. The summed E-state index contributed by atoms with van der Waals surface area (Å²) in [6.45, 7) is 2.87. The van der Waals surface area contributed by atoms with Crippen LogP contribution in [0, 0.1) is 6.92 Å². The molecule has 11 heteroatoms. The van der Waals surface area contributed by atoms with Gasteiger partial charge in [-0.25, -0.2) is 8.42 Å². The van der Waals surface area contributed by atoms with Gasteiger partial charge in [0.25, 0.3) is 5.91 Å². The van der Waals surface area contributed by atoms with E-state index in [1.807, 2.05) is 0 Å². The molecule has 1 aromatic heterocycles. The summed E-state index contributed by atoms with van der Waals surface area (Å²) in [5.41, 5.74) is 0.364. The standard InChI is InChI=1S/C16H18N4O6S/c1-11-17-15(18-26-11)9-20-13-8-12(2-3-14(13)25-10-16(20)21)27(22,23)19-4-6-24-7-5-19/h2-3,8H,4-7,9-10H2,1H3. The number of morpholine rings is 1. The summed E-state index contributed by atoms with van der Waals surface area (Å²) in [4.78, 5) is 18.0. The van der Waals surface area contributed by atoms with Crippen molar-refractivity contribution in [2.24, 2.45) is 0 Å². The lowest BCUT2D eigenvalue weighted by atomic mass is 10.2.